The second-order valence-corrected chi connectivity index (χ2v) is 32.4. The lowest BCUT2D eigenvalue weighted by Crippen LogP contribution is -2.24. The average Bonchev–Trinajstić information content (AvgIpc) is 1.59. The van der Waals surface area contributed by atoms with Crippen molar-refractivity contribution in [2.24, 2.45) is 5.11 Å². The lowest BCUT2D eigenvalue weighted by atomic mass is 10.0. The van der Waals surface area contributed by atoms with Gasteiger partial charge in [-0.3, -0.25) is 28.8 Å². The van der Waals surface area contributed by atoms with Crippen molar-refractivity contribution in [3.8, 4) is 0 Å². The summed E-state index contributed by atoms with van der Waals surface area (Å²) in [4.78, 5) is 123. The van der Waals surface area contributed by atoms with Crippen LogP contribution in [0.15, 0.2) is 192 Å². The number of aromatic nitrogens is 18. The Morgan fingerprint density at radius 1 is 0.395 bits per heavy atom. The third-order valence-electron chi connectivity index (χ3n) is 22.5. The molecule has 0 amide bonds. The van der Waals surface area contributed by atoms with Gasteiger partial charge in [-0.25, -0.2) is 56.3 Å². The summed E-state index contributed by atoms with van der Waals surface area (Å²) in [6.45, 7) is 32.1. The SMILES string of the molecule is CCc1c(C(C)C)[nH]c2nc3cc(C)ccc3n2c1=O.CCc1c(C(C)C)[nH]c2nc3ccc(C)cc3n2c1=O.CCc1c(C(C)C)nc2n(Cc3ccccc3)c3ccc(C)cc3n2c1=O.CNCCc1c(C)[nH]c2nc3ccccc3n2c1=O.Cc1[nH]c2nc3ccccc3n2c(=O)c1CCCl.Cc1[nH]c2nc3ccccc3n2c(=O)c1CCN=[N+]=[N-]. The van der Waals surface area contributed by atoms with Crippen LogP contribution in [0, 0.1) is 41.5 Å². The van der Waals surface area contributed by atoms with Crippen molar-refractivity contribution in [3.05, 3.63) is 320 Å². The molecule has 0 atom stereocenters. The van der Waals surface area contributed by atoms with Crippen molar-refractivity contribution in [2.45, 2.75) is 167 Å². The normalized spacial score (nSPS) is 11.5. The zero-order chi connectivity index (χ0) is 88.2. The number of fused-ring (bicyclic) bond motifs is 18. The first-order valence-electron chi connectivity index (χ1n) is 42.1. The minimum atomic E-state index is -0.113. The molecule has 0 unspecified atom stereocenters. The molecule has 28 nitrogen and oxygen atoms in total. The summed E-state index contributed by atoms with van der Waals surface area (Å²) in [5, 5.41) is 6.55. The van der Waals surface area contributed by atoms with Gasteiger partial charge in [0, 0.05) is 79.2 Å². The first kappa shape index (κ1) is 86.6. The Kier molecular flexibility index (Phi) is 25.7. The summed E-state index contributed by atoms with van der Waals surface area (Å²) < 4.78 is 12.2. The fourth-order valence-corrected chi connectivity index (χ4v) is 16.5. The molecule has 29 heteroatoms. The molecule has 12 aromatic heterocycles. The fourth-order valence-electron chi connectivity index (χ4n) is 16.4. The number of azide groups is 1. The van der Waals surface area contributed by atoms with E-state index in [4.69, 9.17) is 22.1 Å². The molecule has 0 fully saturated rings. The van der Waals surface area contributed by atoms with Crippen LogP contribution in [0.25, 0.3) is 111 Å². The van der Waals surface area contributed by atoms with E-state index in [1.54, 1.807) is 26.4 Å². The van der Waals surface area contributed by atoms with Crippen molar-refractivity contribution in [3.63, 3.8) is 0 Å². The number of halogens is 1. The van der Waals surface area contributed by atoms with Gasteiger partial charge >= 0.3 is 0 Å². The Hall–Kier alpha value is -13.8. The van der Waals surface area contributed by atoms with Gasteiger partial charge in [0.25, 0.3) is 33.4 Å². The van der Waals surface area contributed by atoms with Gasteiger partial charge in [0.2, 0.25) is 34.7 Å². The predicted molar refractivity (Wildman–Crippen MR) is 498 cm³/mol. The van der Waals surface area contributed by atoms with Gasteiger partial charge in [-0.05, 0) is 212 Å². The van der Waals surface area contributed by atoms with Crippen molar-refractivity contribution in [1.82, 2.24) is 91.1 Å². The van der Waals surface area contributed by atoms with E-state index in [2.05, 4.69) is 149 Å². The summed E-state index contributed by atoms with van der Waals surface area (Å²) in [5.74, 6) is 4.92. The third-order valence-corrected chi connectivity index (χ3v) is 22.7. The maximum absolute atomic E-state index is 13.4. The molecule has 636 valence electrons. The smallest absolute Gasteiger partial charge is 0.263 e. The van der Waals surface area contributed by atoms with Crippen LogP contribution in [0.4, 0.5) is 0 Å². The number of nitrogens with one attached hydrogen (secondary N) is 6. The van der Waals surface area contributed by atoms with Crippen LogP contribution in [0.2, 0.25) is 0 Å². The molecule has 0 spiro atoms. The minimum Gasteiger partial charge on any atom is -0.329 e. The predicted octanol–water partition coefficient (Wildman–Crippen LogP) is 16.9. The largest absolute Gasteiger partial charge is 0.329 e. The van der Waals surface area contributed by atoms with Gasteiger partial charge in [-0.1, -0.05) is 152 Å². The maximum Gasteiger partial charge on any atom is 0.263 e. The number of H-pyrrole nitrogens is 5. The Balaban J connectivity index is 0.000000122. The first-order chi connectivity index (χ1) is 59.7. The summed E-state index contributed by atoms with van der Waals surface area (Å²) in [7, 11) is 1.88. The van der Waals surface area contributed by atoms with Crippen LogP contribution in [-0.2, 0) is 45.1 Å². The van der Waals surface area contributed by atoms with Gasteiger partial charge in [0.15, 0.2) is 0 Å². The lowest BCUT2D eigenvalue weighted by Gasteiger charge is -2.12. The molecular formula is C95H103ClN22O6. The van der Waals surface area contributed by atoms with E-state index < -0.39 is 0 Å². The number of aryl methyl sites for hydroxylation is 6. The Bertz CT molecular complexity index is 7710. The number of imidazole rings is 6. The number of rotatable bonds is 16. The van der Waals surface area contributed by atoms with E-state index in [1.165, 1.54) is 5.56 Å². The number of hydrogen-bond acceptors (Lipinski definition) is 14. The standard InChI is InChI=1S/C23H25N3O.2C16H19N3O.C14H16N4O.C13H12ClN3O.C13H12N6O/c1-5-18-21(15(2)3)24-23-25(14-17-9-7-6-8-10-17)19-12-11-16(4)13-20(19)26(23)22(18)27;1-5-11-14(9(2)3)18-16-17-12-8-10(4)6-7-13(12)19(16)15(11)20;1-5-11-14(9(2)3)18-16-17-12-7-6-10(4)8-13(12)19(16)15(11)20;1-9-10(7-8-15-2)13(19)18-12-6-4-3-5-11(12)17-14(18)16-9;1-8-9(6-7-14)12(18)17-11-5-3-2-4-10(11)16-13(17)15-8;1-8-9(6-7-15-18-14)12(20)19-11-5-3-2-4-10(11)17-13(19)16-8/h6-13,15H,5,14H2,1-4H3;2*6-9H,5H2,1-4H3,(H,17,18);3-6,15H,7-8H2,1-2H3,(H,16,17);2-5H,6-7H2,1H3,(H,15,16);2-5H,6-7H2,1H3,(H,16,17). The molecular weight excluding hydrogens is 1580 g/mol. The number of hydrogen-bond donors (Lipinski definition) is 6. The highest BCUT2D eigenvalue weighted by molar-refractivity contribution is 6.18. The molecule has 7 aromatic carbocycles. The topological polar surface area (TPSA) is 351 Å². The summed E-state index contributed by atoms with van der Waals surface area (Å²) in [6, 6.07) is 51.3. The molecule has 19 rings (SSSR count). The number of benzene rings is 7. The van der Waals surface area contributed by atoms with E-state index in [9.17, 15) is 28.8 Å². The van der Waals surface area contributed by atoms with Gasteiger partial charge < -0.3 is 34.8 Å². The van der Waals surface area contributed by atoms with E-state index in [1.807, 2.05) is 190 Å². The average molecular weight is 1680 g/mol. The molecule has 0 saturated carbocycles. The second kappa shape index (κ2) is 36.9. The van der Waals surface area contributed by atoms with E-state index in [-0.39, 0.29) is 57.7 Å². The first-order valence-corrected chi connectivity index (χ1v) is 42.6. The molecule has 12 heterocycles. The minimum absolute atomic E-state index is 0.0233. The van der Waals surface area contributed by atoms with Crippen molar-refractivity contribution < 1.29 is 0 Å². The highest BCUT2D eigenvalue weighted by Crippen LogP contribution is 2.28. The number of para-hydroxylation sites is 6. The second-order valence-electron chi connectivity index (χ2n) is 32.1. The summed E-state index contributed by atoms with van der Waals surface area (Å²) in [5.41, 5.74) is 33.4. The van der Waals surface area contributed by atoms with Crippen LogP contribution in [-0.4, -0.2) is 112 Å². The lowest BCUT2D eigenvalue weighted by molar-refractivity contribution is 0.760. The molecule has 0 aliphatic rings. The Labute approximate surface area is 717 Å². The molecule has 0 aliphatic heterocycles. The maximum atomic E-state index is 13.4. The number of aromatic amines is 5. The van der Waals surface area contributed by atoms with Crippen LogP contribution in [0.5, 0.6) is 0 Å². The van der Waals surface area contributed by atoms with Gasteiger partial charge in [-0.2, -0.15) is 0 Å². The van der Waals surface area contributed by atoms with E-state index in [0.717, 1.165) is 170 Å². The zero-order valence-electron chi connectivity index (χ0n) is 72.8. The van der Waals surface area contributed by atoms with Crippen molar-refractivity contribution in [2.75, 3.05) is 26.0 Å². The van der Waals surface area contributed by atoms with E-state index in [0.29, 0.717) is 72.6 Å². The highest BCUT2D eigenvalue weighted by atomic mass is 35.5. The Morgan fingerprint density at radius 3 is 1.23 bits per heavy atom. The molecule has 6 N–H and O–H groups in total. The molecule has 0 saturated heterocycles. The van der Waals surface area contributed by atoms with Crippen molar-refractivity contribution in [1.29, 1.82) is 0 Å². The van der Waals surface area contributed by atoms with Crippen molar-refractivity contribution >= 4 is 112 Å². The molecule has 0 radical (unpaired) electrons. The number of likely N-dealkylation sites (N-methyl/N-ethyl adjacent to an activating group) is 1. The summed E-state index contributed by atoms with van der Waals surface area (Å²) >= 11 is 5.75. The van der Waals surface area contributed by atoms with Gasteiger partial charge in [0.1, 0.15) is 0 Å². The molecule has 124 heavy (non-hydrogen) atoms. The highest BCUT2D eigenvalue weighted by Gasteiger charge is 2.24. The number of nitrogens with zero attached hydrogens (tertiary/aromatic N) is 16. The number of alkyl halides is 1. The van der Waals surface area contributed by atoms with Crippen LogP contribution >= 0.6 is 11.6 Å². The zero-order valence-corrected chi connectivity index (χ0v) is 73.6. The van der Waals surface area contributed by atoms with Gasteiger partial charge in [-0.15, -0.1) is 11.6 Å². The third kappa shape index (κ3) is 16.8. The van der Waals surface area contributed by atoms with Gasteiger partial charge in [0.05, 0.1) is 78.4 Å². The quantitative estimate of drug-likeness (QED) is 0.0227. The van der Waals surface area contributed by atoms with Crippen LogP contribution in [0.1, 0.15) is 170 Å². The monoisotopic (exact) mass is 1680 g/mol. The molecule has 0 aliphatic carbocycles. The Morgan fingerprint density at radius 2 is 0.774 bits per heavy atom. The van der Waals surface area contributed by atoms with Crippen LogP contribution in [0.3, 0.4) is 0 Å². The van der Waals surface area contributed by atoms with E-state index >= 15 is 0 Å². The molecule has 19 aromatic rings. The van der Waals surface area contributed by atoms with Crippen LogP contribution < -0.4 is 38.7 Å². The molecule has 0 bridgehead atoms. The summed E-state index contributed by atoms with van der Waals surface area (Å²) in [6.07, 6.45) is 3.83. The fraction of sp³-hybridized carbons (Fsp3) is 0.305.